The van der Waals surface area contributed by atoms with E-state index in [0.29, 0.717) is 42.6 Å². The molecule has 7 nitrogen and oxygen atoms in total. The van der Waals surface area contributed by atoms with Crippen LogP contribution in [0.15, 0.2) is 29.0 Å². The van der Waals surface area contributed by atoms with Crippen LogP contribution in [-0.4, -0.2) is 64.0 Å². The van der Waals surface area contributed by atoms with Crippen LogP contribution in [0.25, 0.3) is 0 Å². The highest BCUT2D eigenvalue weighted by Gasteiger charge is 2.51. The molecule has 1 aliphatic carbocycles. The fourth-order valence-corrected chi connectivity index (χ4v) is 6.51. The quantitative estimate of drug-likeness (QED) is 0.477. The third-order valence-electron chi connectivity index (χ3n) is 8.10. The minimum absolute atomic E-state index is 0. The zero-order valence-corrected chi connectivity index (χ0v) is 24.5. The first-order valence-electron chi connectivity index (χ1n) is 12.4. The number of aliphatic hydroxyl groups excluding tert-OH is 1. The maximum Gasteiger partial charge on any atom is 0.146 e. The van der Waals surface area contributed by atoms with E-state index in [2.05, 4.69) is 61.8 Å². The van der Waals surface area contributed by atoms with Crippen LogP contribution >= 0.6 is 40.7 Å². The van der Waals surface area contributed by atoms with Crippen LogP contribution in [0.2, 0.25) is 0 Å². The van der Waals surface area contributed by atoms with E-state index in [4.69, 9.17) is 0 Å². The number of aldehydes is 1. The maximum absolute atomic E-state index is 14.7. The Hall–Kier alpha value is -1.36. The van der Waals surface area contributed by atoms with Gasteiger partial charge in [-0.15, -0.1) is 24.8 Å². The third kappa shape index (κ3) is 5.28. The minimum atomic E-state index is -0.974. The molecule has 4 atom stereocenters. The highest BCUT2D eigenvalue weighted by Crippen LogP contribution is 2.44. The van der Waals surface area contributed by atoms with Gasteiger partial charge in [-0.05, 0) is 72.7 Å². The summed E-state index contributed by atoms with van der Waals surface area (Å²) in [4.78, 5) is 26.4. The smallest absolute Gasteiger partial charge is 0.146 e. The number of hydrogen-bond donors (Lipinski definition) is 2. The number of halogens is 4. The van der Waals surface area contributed by atoms with Crippen molar-refractivity contribution in [3.63, 3.8) is 0 Å². The van der Waals surface area contributed by atoms with Crippen molar-refractivity contribution in [2.75, 3.05) is 31.1 Å². The first kappa shape index (κ1) is 30.2. The maximum atomic E-state index is 14.7. The highest BCUT2D eigenvalue weighted by molar-refractivity contribution is 9.10. The van der Waals surface area contributed by atoms with E-state index in [0.717, 1.165) is 36.2 Å². The lowest BCUT2D eigenvalue weighted by Gasteiger charge is -2.49. The van der Waals surface area contributed by atoms with E-state index >= 15 is 0 Å². The largest absolute Gasteiger partial charge is 0.387 e. The SMILES string of the molecule is C[C@@H]1C[C@@H](O)c2ncnc(N3CCN([C@@](C=O)(c4ccc(Br)c(F)c4)[C@@H]4CCC(C)(C)N4)CC3)c21.Cl.Cl. The molecule has 2 saturated heterocycles. The second-order valence-corrected chi connectivity index (χ2v) is 11.7. The van der Waals surface area contributed by atoms with Gasteiger partial charge in [-0.3, -0.25) is 4.90 Å². The number of nitrogens with one attached hydrogen (secondary N) is 1. The van der Waals surface area contributed by atoms with Crippen molar-refractivity contribution in [1.29, 1.82) is 0 Å². The van der Waals surface area contributed by atoms with Gasteiger partial charge in [0.05, 0.1) is 16.3 Å². The number of carbonyl (C=O) groups is 1. The molecule has 0 unspecified atom stereocenters. The topological polar surface area (TPSA) is 81.6 Å². The average molecular weight is 619 g/mol. The number of anilines is 1. The van der Waals surface area contributed by atoms with Crippen LogP contribution < -0.4 is 10.2 Å². The first-order chi connectivity index (χ1) is 16.7. The van der Waals surface area contributed by atoms with E-state index in [1.54, 1.807) is 6.07 Å². The van der Waals surface area contributed by atoms with E-state index < -0.39 is 11.6 Å². The van der Waals surface area contributed by atoms with Gasteiger partial charge in [0.1, 0.15) is 29.8 Å². The Labute approximate surface area is 238 Å². The summed E-state index contributed by atoms with van der Waals surface area (Å²) in [6.45, 7) is 9.01. The summed E-state index contributed by atoms with van der Waals surface area (Å²) in [5.41, 5.74) is 1.38. The Morgan fingerprint density at radius 3 is 2.51 bits per heavy atom. The molecule has 3 heterocycles. The van der Waals surface area contributed by atoms with Crippen molar-refractivity contribution in [3.8, 4) is 0 Å². The summed E-state index contributed by atoms with van der Waals surface area (Å²) in [6, 6.07) is 4.93. The van der Waals surface area contributed by atoms with E-state index in [1.165, 1.54) is 12.4 Å². The Morgan fingerprint density at radius 2 is 1.92 bits per heavy atom. The zero-order valence-electron chi connectivity index (χ0n) is 21.3. The fourth-order valence-electron chi connectivity index (χ4n) is 6.27. The molecule has 0 spiro atoms. The predicted molar refractivity (Wildman–Crippen MR) is 150 cm³/mol. The van der Waals surface area contributed by atoms with Crippen molar-refractivity contribution >= 4 is 52.8 Å². The number of rotatable bonds is 5. The molecule has 0 amide bonds. The van der Waals surface area contributed by atoms with Gasteiger partial charge < -0.3 is 20.1 Å². The minimum Gasteiger partial charge on any atom is -0.387 e. The van der Waals surface area contributed by atoms with Crippen molar-refractivity contribution in [2.24, 2.45) is 0 Å². The molecule has 0 radical (unpaired) electrons. The molecule has 2 N–H and O–H groups in total. The monoisotopic (exact) mass is 617 g/mol. The summed E-state index contributed by atoms with van der Waals surface area (Å²) in [7, 11) is 0. The number of aliphatic hydroxyl groups is 1. The number of fused-ring (bicyclic) bond motifs is 1. The summed E-state index contributed by atoms with van der Waals surface area (Å²) in [6.07, 6.45) is 4.44. The number of nitrogens with zero attached hydrogens (tertiary/aromatic N) is 4. The van der Waals surface area contributed by atoms with Gasteiger partial charge in [0.25, 0.3) is 0 Å². The molecule has 1 aromatic carbocycles. The highest BCUT2D eigenvalue weighted by atomic mass is 79.9. The molecular formula is C26H35BrCl2FN5O2. The number of carbonyl (C=O) groups excluding carboxylic acids is 1. The van der Waals surface area contributed by atoms with E-state index in [-0.39, 0.29) is 48.1 Å². The Balaban J connectivity index is 0.00000190. The van der Waals surface area contributed by atoms with E-state index in [1.807, 2.05) is 6.07 Å². The molecule has 3 aliphatic rings. The molecule has 5 rings (SSSR count). The van der Waals surface area contributed by atoms with Gasteiger partial charge in [-0.2, -0.15) is 0 Å². The van der Waals surface area contributed by atoms with Crippen LogP contribution in [-0.2, 0) is 10.3 Å². The number of piperazine rings is 1. The van der Waals surface area contributed by atoms with Crippen molar-refractivity contribution < 1.29 is 14.3 Å². The van der Waals surface area contributed by atoms with Crippen LogP contribution in [0.1, 0.15) is 68.9 Å². The van der Waals surface area contributed by atoms with Gasteiger partial charge in [-0.1, -0.05) is 13.0 Å². The van der Waals surface area contributed by atoms with Crippen molar-refractivity contribution in [2.45, 2.75) is 69.2 Å². The normalized spacial score (nSPS) is 26.5. The van der Waals surface area contributed by atoms with Gasteiger partial charge >= 0.3 is 0 Å². The fraction of sp³-hybridized carbons (Fsp3) is 0.577. The second-order valence-electron chi connectivity index (χ2n) is 10.8. The second kappa shape index (κ2) is 11.4. The van der Waals surface area contributed by atoms with Crippen LogP contribution in [0.5, 0.6) is 0 Å². The van der Waals surface area contributed by atoms with Crippen LogP contribution in [0.3, 0.4) is 0 Å². The first-order valence-corrected chi connectivity index (χ1v) is 13.2. The van der Waals surface area contributed by atoms with Gasteiger partial charge in [0.2, 0.25) is 0 Å². The molecule has 1 aromatic heterocycles. The lowest BCUT2D eigenvalue weighted by atomic mass is 9.80. The summed E-state index contributed by atoms with van der Waals surface area (Å²) in [5, 5.41) is 14.1. The average Bonchev–Trinajstić information content (AvgIpc) is 3.35. The molecule has 2 aliphatic heterocycles. The molecule has 0 bridgehead atoms. The Bertz CT molecular complexity index is 1130. The van der Waals surface area contributed by atoms with Gasteiger partial charge in [0, 0.05) is 43.3 Å². The lowest BCUT2D eigenvalue weighted by molar-refractivity contribution is -0.122. The molecular weight excluding hydrogens is 584 g/mol. The van der Waals surface area contributed by atoms with Crippen molar-refractivity contribution in [3.05, 3.63) is 51.6 Å². The number of benzene rings is 1. The lowest BCUT2D eigenvalue weighted by Crippen LogP contribution is -2.64. The molecule has 204 valence electrons. The molecule has 0 saturated carbocycles. The molecule has 2 aromatic rings. The third-order valence-corrected chi connectivity index (χ3v) is 8.74. The standard InChI is InChI=1S/C26H33BrFN5O2.2ClH/c1-16-12-20(35)23-22(16)24(30-15-29-23)32-8-10-33(11-9-32)26(14-34,21-6-7-25(2,3)31-21)17-4-5-18(27)19(28)13-17;;/h4-5,13-16,20-21,31,35H,6-12H2,1-3H3;2*1H/t16-,20-,21+,26+;;/m1../s1. The number of hydrogen-bond acceptors (Lipinski definition) is 7. The summed E-state index contributed by atoms with van der Waals surface area (Å²) < 4.78 is 15.1. The van der Waals surface area contributed by atoms with Gasteiger partial charge in [0.15, 0.2) is 0 Å². The Kier molecular flexibility index (Phi) is 9.30. The molecule has 37 heavy (non-hydrogen) atoms. The number of aromatic nitrogens is 2. The van der Waals surface area contributed by atoms with Crippen LogP contribution in [0.4, 0.5) is 10.2 Å². The molecule has 11 heteroatoms. The van der Waals surface area contributed by atoms with Crippen molar-refractivity contribution in [1.82, 2.24) is 20.2 Å². The van der Waals surface area contributed by atoms with Crippen LogP contribution in [0, 0.1) is 5.82 Å². The van der Waals surface area contributed by atoms with Gasteiger partial charge in [-0.25, -0.2) is 14.4 Å². The summed E-state index contributed by atoms with van der Waals surface area (Å²) >= 11 is 3.25. The predicted octanol–water partition coefficient (Wildman–Crippen LogP) is 4.51. The summed E-state index contributed by atoms with van der Waals surface area (Å²) in [5.74, 6) is 0.706. The van der Waals surface area contributed by atoms with E-state index in [9.17, 15) is 14.3 Å². The molecule has 2 fully saturated rings. The Morgan fingerprint density at radius 1 is 1.22 bits per heavy atom. The zero-order chi connectivity index (χ0) is 25.0.